The smallest absolute Gasteiger partial charge is 0.233 e. The van der Waals surface area contributed by atoms with Crippen molar-refractivity contribution in [3.05, 3.63) is 12.2 Å². The average Bonchev–Trinajstić information content (AvgIpc) is 2.99. The van der Waals surface area contributed by atoms with E-state index in [1.54, 1.807) is 7.05 Å². The van der Waals surface area contributed by atoms with E-state index >= 15 is 0 Å². The molecule has 3 fully saturated rings. The number of fused-ring (bicyclic) bond motifs is 5. The largest absolute Gasteiger partial charge is 0.356 e. The van der Waals surface area contributed by atoms with Crippen LogP contribution >= 0.6 is 0 Å². The lowest BCUT2D eigenvalue weighted by Gasteiger charge is -2.20. The van der Waals surface area contributed by atoms with Crippen LogP contribution in [0.1, 0.15) is 19.3 Å². The molecule has 0 aromatic rings. The number of carbonyl (C=O) groups is 2. The van der Waals surface area contributed by atoms with Crippen LogP contribution in [0, 0.1) is 29.1 Å². The lowest BCUT2D eigenvalue weighted by molar-refractivity contribution is -0.140. The molecule has 3 aliphatic carbocycles. The molecule has 2 bridgehead atoms. The summed E-state index contributed by atoms with van der Waals surface area (Å²) in [5.41, 5.74) is -0.199. The van der Waals surface area contributed by atoms with E-state index < -0.39 is 9.84 Å². The molecule has 4 aliphatic rings. The van der Waals surface area contributed by atoms with Gasteiger partial charge in [-0.3, -0.25) is 19.5 Å². The van der Waals surface area contributed by atoms with E-state index in [9.17, 15) is 18.0 Å². The van der Waals surface area contributed by atoms with Crippen LogP contribution in [0.3, 0.4) is 0 Å². The summed E-state index contributed by atoms with van der Waals surface area (Å²) in [6.45, 7) is 1.28. The number of nitrogens with zero attached hydrogens (tertiary/aromatic N) is 2. The number of guanidine groups is 1. The molecular weight excluding hydrogens is 380 g/mol. The lowest BCUT2D eigenvalue weighted by atomic mass is 9.85. The maximum atomic E-state index is 12.7. The number of aliphatic imine (C=N–C) groups is 1. The van der Waals surface area contributed by atoms with Crippen LogP contribution in [0.15, 0.2) is 17.1 Å². The molecule has 4 unspecified atom stereocenters. The van der Waals surface area contributed by atoms with Crippen molar-refractivity contribution in [2.75, 3.05) is 38.7 Å². The second-order valence-electron chi connectivity index (χ2n) is 8.75. The van der Waals surface area contributed by atoms with Crippen molar-refractivity contribution in [3.8, 4) is 0 Å². The van der Waals surface area contributed by atoms with Gasteiger partial charge in [-0.25, -0.2) is 8.42 Å². The Morgan fingerprint density at radius 2 is 1.79 bits per heavy atom. The van der Waals surface area contributed by atoms with Crippen molar-refractivity contribution in [2.24, 2.45) is 34.1 Å². The van der Waals surface area contributed by atoms with Gasteiger partial charge in [-0.2, -0.15) is 0 Å². The van der Waals surface area contributed by atoms with Crippen molar-refractivity contribution in [1.82, 2.24) is 15.5 Å². The highest BCUT2D eigenvalue weighted by atomic mass is 32.2. The van der Waals surface area contributed by atoms with E-state index in [4.69, 9.17) is 0 Å². The van der Waals surface area contributed by atoms with Crippen molar-refractivity contribution in [2.45, 2.75) is 19.3 Å². The minimum absolute atomic E-state index is 0.0401. The Morgan fingerprint density at radius 3 is 2.29 bits per heavy atom. The number of hydrogen-bond donors (Lipinski definition) is 2. The number of imide groups is 1. The highest BCUT2D eigenvalue weighted by Crippen LogP contribution is 2.52. The van der Waals surface area contributed by atoms with Gasteiger partial charge in [0.25, 0.3) is 0 Å². The molecule has 2 amide bonds. The summed E-state index contributed by atoms with van der Waals surface area (Å²) >= 11 is 0. The Labute approximate surface area is 165 Å². The molecule has 1 aliphatic heterocycles. The Balaban J connectivity index is 1.26. The third-order valence-electron chi connectivity index (χ3n) is 6.57. The Hall–Kier alpha value is -1.90. The number of likely N-dealkylation sites (tertiary alicyclic amines) is 1. The van der Waals surface area contributed by atoms with Crippen LogP contribution in [-0.2, 0) is 19.4 Å². The zero-order chi connectivity index (χ0) is 20.1. The molecule has 0 aromatic heterocycles. The third-order valence-corrected chi connectivity index (χ3v) is 7.71. The number of allylic oxidation sites excluding steroid dienone is 2. The van der Waals surface area contributed by atoms with E-state index in [0.29, 0.717) is 25.6 Å². The molecule has 28 heavy (non-hydrogen) atoms. The monoisotopic (exact) mass is 408 g/mol. The van der Waals surface area contributed by atoms with E-state index in [0.717, 1.165) is 19.3 Å². The van der Waals surface area contributed by atoms with Gasteiger partial charge >= 0.3 is 0 Å². The van der Waals surface area contributed by atoms with Crippen molar-refractivity contribution in [1.29, 1.82) is 0 Å². The number of nitrogens with one attached hydrogen (secondary N) is 2. The number of sulfone groups is 1. The summed E-state index contributed by atoms with van der Waals surface area (Å²) in [7, 11) is -1.37. The van der Waals surface area contributed by atoms with Crippen LogP contribution in [0.5, 0.6) is 0 Å². The van der Waals surface area contributed by atoms with Gasteiger partial charge in [0.1, 0.15) is 9.84 Å². The number of carbonyl (C=O) groups excluding carboxylic acids is 2. The molecule has 1 saturated heterocycles. The Kier molecular flexibility index (Phi) is 4.76. The maximum Gasteiger partial charge on any atom is 0.233 e. The van der Waals surface area contributed by atoms with Crippen molar-refractivity contribution >= 4 is 27.6 Å². The van der Waals surface area contributed by atoms with Gasteiger partial charge in [-0.05, 0) is 31.1 Å². The standard InChI is InChI=1S/C19H28N4O4S/c1-20-18(22-10-19(5-6-19)11-28(2,26)27)21-7-8-23-16(24)14-12-3-4-13(9-12)15(14)17(23)25/h3-4,12-15H,5-11H2,1-2H3,(H2,20,21,22). The molecule has 0 radical (unpaired) electrons. The first-order valence-corrected chi connectivity index (χ1v) is 11.9. The van der Waals surface area contributed by atoms with Gasteiger partial charge in [0.2, 0.25) is 11.8 Å². The fourth-order valence-electron chi connectivity index (χ4n) is 5.07. The second-order valence-corrected chi connectivity index (χ2v) is 10.9. The minimum atomic E-state index is -3.01. The fourth-order valence-corrected chi connectivity index (χ4v) is 6.57. The van der Waals surface area contributed by atoms with Gasteiger partial charge in [0.05, 0.1) is 17.6 Å². The second kappa shape index (κ2) is 6.86. The summed E-state index contributed by atoms with van der Waals surface area (Å²) in [6, 6.07) is 0. The van der Waals surface area contributed by atoms with Crippen LogP contribution in [-0.4, -0.2) is 69.8 Å². The van der Waals surface area contributed by atoms with Gasteiger partial charge < -0.3 is 10.6 Å². The molecular formula is C19H28N4O4S. The number of hydrogen-bond acceptors (Lipinski definition) is 5. The van der Waals surface area contributed by atoms with Crippen LogP contribution < -0.4 is 10.6 Å². The quantitative estimate of drug-likeness (QED) is 0.261. The fraction of sp³-hybridized carbons (Fsp3) is 0.737. The summed E-state index contributed by atoms with van der Waals surface area (Å²) in [5, 5.41) is 6.31. The van der Waals surface area contributed by atoms with Crippen LogP contribution in [0.25, 0.3) is 0 Å². The molecule has 0 spiro atoms. The first-order valence-electron chi connectivity index (χ1n) is 9.89. The Bertz CT molecular complexity index is 816. The molecule has 4 rings (SSSR count). The first kappa shape index (κ1) is 19.4. The van der Waals surface area contributed by atoms with Crippen LogP contribution in [0.4, 0.5) is 0 Å². The molecule has 154 valence electrons. The maximum absolute atomic E-state index is 12.7. The van der Waals surface area contributed by atoms with Gasteiger partial charge in [-0.1, -0.05) is 12.2 Å². The highest BCUT2D eigenvalue weighted by Gasteiger charge is 2.58. The van der Waals surface area contributed by atoms with E-state index in [-0.39, 0.29) is 46.7 Å². The molecule has 9 heteroatoms. The lowest BCUT2D eigenvalue weighted by Crippen LogP contribution is -2.45. The Morgan fingerprint density at radius 1 is 1.18 bits per heavy atom. The molecule has 1 heterocycles. The van der Waals surface area contributed by atoms with E-state index in [1.807, 2.05) is 0 Å². The SMILES string of the molecule is CN=C(NCCN1C(=O)C2C3C=CC(C3)C2C1=O)NCC1(CS(C)(=O)=O)CC1. The summed E-state index contributed by atoms with van der Waals surface area (Å²) < 4.78 is 23.1. The van der Waals surface area contributed by atoms with Gasteiger partial charge in [-0.15, -0.1) is 0 Å². The van der Waals surface area contributed by atoms with Crippen molar-refractivity contribution < 1.29 is 18.0 Å². The molecule has 8 nitrogen and oxygen atoms in total. The van der Waals surface area contributed by atoms with Crippen molar-refractivity contribution in [3.63, 3.8) is 0 Å². The minimum Gasteiger partial charge on any atom is -0.356 e. The van der Waals surface area contributed by atoms with E-state index in [2.05, 4.69) is 27.8 Å². The number of amides is 2. The summed E-state index contributed by atoms with van der Waals surface area (Å²) in [5.74, 6) is 0.784. The summed E-state index contributed by atoms with van der Waals surface area (Å²) in [6.07, 6.45) is 8.16. The summed E-state index contributed by atoms with van der Waals surface area (Å²) in [4.78, 5) is 30.9. The molecule has 4 atom stereocenters. The number of rotatable bonds is 7. The van der Waals surface area contributed by atoms with Crippen LogP contribution in [0.2, 0.25) is 0 Å². The molecule has 2 saturated carbocycles. The van der Waals surface area contributed by atoms with E-state index in [1.165, 1.54) is 11.2 Å². The highest BCUT2D eigenvalue weighted by molar-refractivity contribution is 7.90. The zero-order valence-corrected chi connectivity index (χ0v) is 17.2. The molecule has 2 N–H and O–H groups in total. The van der Waals surface area contributed by atoms with Gasteiger partial charge in [0, 0.05) is 38.4 Å². The van der Waals surface area contributed by atoms with Gasteiger partial charge in [0.15, 0.2) is 5.96 Å². The molecule has 0 aromatic carbocycles. The first-order chi connectivity index (χ1) is 13.2. The normalized spacial score (nSPS) is 32.8. The topological polar surface area (TPSA) is 108 Å². The predicted molar refractivity (Wildman–Crippen MR) is 105 cm³/mol. The third kappa shape index (κ3) is 3.56. The average molecular weight is 409 g/mol. The zero-order valence-electron chi connectivity index (χ0n) is 16.3. The predicted octanol–water partition coefficient (Wildman–Crippen LogP) is -0.217.